The van der Waals surface area contributed by atoms with E-state index in [9.17, 15) is 0 Å². The largest absolute Gasteiger partial charge is 2.00 e. The second-order valence-corrected chi connectivity index (χ2v) is 11.0. The first-order chi connectivity index (χ1) is 19.9. The quantitative estimate of drug-likeness (QED) is 0.166. The molecule has 3 aromatic heterocycles. The minimum Gasteiger partial charge on any atom is -0.509 e. The Morgan fingerprint density at radius 3 is 2.38 bits per heavy atom. The molecular weight excluding hydrogens is 701 g/mol. The molecule has 0 saturated carbocycles. The molecule has 0 spiro atoms. The minimum atomic E-state index is 0. The number of rotatable bonds is 5. The fraction of sp³-hybridized carbons (Fsp3) is 0.111. The van der Waals surface area contributed by atoms with Crippen LogP contribution in [0.5, 0.6) is 11.5 Å². The van der Waals surface area contributed by atoms with Crippen molar-refractivity contribution in [3.63, 3.8) is 0 Å². The van der Waals surface area contributed by atoms with E-state index in [0.717, 1.165) is 50.1 Å². The van der Waals surface area contributed by atoms with Crippen molar-refractivity contribution in [3.8, 4) is 39.7 Å². The number of para-hydroxylation sites is 1. The summed E-state index contributed by atoms with van der Waals surface area (Å²) in [6, 6.07) is 38.6. The maximum Gasteiger partial charge on any atom is 2.00 e. The van der Waals surface area contributed by atoms with E-state index in [1.54, 1.807) is 0 Å². The summed E-state index contributed by atoms with van der Waals surface area (Å²) >= 11 is 0. The van der Waals surface area contributed by atoms with Crippen LogP contribution in [-0.2, 0) is 26.5 Å². The van der Waals surface area contributed by atoms with Crippen molar-refractivity contribution in [2.75, 3.05) is 0 Å². The first kappa shape index (κ1) is 27.7. The predicted octanol–water partition coefficient (Wildman–Crippen LogP) is 9.19. The second-order valence-electron chi connectivity index (χ2n) is 11.0. The first-order valence-electron chi connectivity index (χ1n) is 13.6. The van der Waals surface area contributed by atoms with Gasteiger partial charge in [-0.2, -0.15) is 17.2 Å². The van der Waals surface area contributed by atoms with Gasteiger partial charge in [-0.05, 0) is 46.3 Å². The average molecular weight is 729 g/mol. The molecule has 0 aliphatic heterocycles. The molecule has 7 rings (SSSR count). The number of nitrogens with zero attached hydrogens (tertiary/aromatic N) is 3. The van der Waals surface area contributed by atoms with Gasteiger partial charge in [0.05, 0.1) is 11.4 Å². The van der Waals surface area contributed by atoms with Crippen molar-refractivity contribution < 1.29 is 30.2 Å². The van der Waals surface area contributed by atoms with Crippen LogP contribution in [0.1, 0.15) is 26.3 Å². The monoisotopic (exact) mass is 728 g/mol. The van der Waals surface area contributed by atoms with Crippen LogP contribution in [0.25, 0.3) is 50.1 Å². The Morgan fingerprint density at radius 1 is 0.762 bits per heavy atom. The van der Waals surface area contributed by atoms with Crippen LogP contribution in [0.15, 0.2) is 114 Å². The van der Waals surface area contributed by atoms with E-state index >= 15 is 0 Å². The number of hydrogen-bond donors (Lipinski definition) is 0. The molecule has 0 saturated heterocycles. The SMILES string of the molecule is CC(C)(C)c1ccnc(-c2ccccc2-c2ccn(-c3[c-]c(Oc4[c-]cc5c(c4)oc4ccccc45)ccc3)n2)c1.[Pt+2]. The molecule has 5 nitrogen and oxygen atoms in total. The second kappa shape index (κ2) is 11.1. The fourth-order valence-electron chi connectivity index (χ4n) is 5.03. The Bertz CT molecular complexity index is 2030. The number of furan rings is 1. The van der Waals surface area contributed by atoms with Crippen LogP contribution in [0.3, 0.4) is 0 Å². The van der Waals surface area contributed by atoms with Gasteiger partial charge in [0.15, 0.2) is 0 Å². The molecule has 6 heteroatoms. The number of fused-ring (bicyclic) bond motifs is 3. The summed E-state index contributed by atoms with van der Waals surface area (Å²) in [6.07, 6.45) is 3.82. The van der Waals surface area contributed by atoms with Crippen LogP contribution < -0.4 is 4.74 Å². The topological polar surface area (TPSA) is 53.1 Å². The average Bonchev–Trinajstić information content (AvgIpc) is 3.62. The standard InChI is InChI=1S/C36H27N3O2.Pt/c1-36(2,3)24-17-19-37-33(21-24)29-12-5-4-11-28(29)32-18-20-39(38-32)25-9-8-10-26(22-25)40-27-15-16-31-30-13-6-7-14-34(30)41-35(31)23-27;/h4-14,16-21,23H,1-3H3;/q-2;+2. The summed E-state index contributed by atoms with van der Waals surface area (Å²) in [6.45, 7) is 6.63. The number of benzene rings is 4. The summed E-state index contributed by atoms with van der Waals surface area (Å²) in [5.74, 6) is 1.12. The van der Waals surface area contributed by atoms with Crippen LogP contribution in [0.4, 0.5) is 0 Å². The summed E-state index contributed by atoms with van der Waals surface area (Å²) in [7, 11) is 0. The molecular formula is C36H27N3O2Pt. The molecule has 0 amide bonds. The first-order valence-corrected chi connectivity index (χ1v) is 13.6. The smallest absolute Gasteiger partial charge is 0.509 e. The van der Waals surface area contributed by atoms with Crippen molar-refractivity contribution in [1.82, 2.24) is 14.8 Å². The van der Waals surface area contributed by atoms with Gasteiger partial charge in [-0.3, -0.25) is 9.67 Å². The van der Waals surface area contributed by atoms with Crippen molar-refractivity contribution in [3.05, 3.63) is 127 Å². The number of pyridine rings is 1. The van der Waals surface area contributed by atoms with Gasteiger partial charge in [0.2, 0.25) is 0 Å². The van der Waals surface area contributed by atoms with Crippen molar-refractivity contribution >= 4 is 21.9 Å². The van der Waals surface area contributed by atoms with Gasteiger partial charge in [-0.15, -0.1) is 24.3 Å². The van der Waals surface area contributed by atoms with Gasteiger partial charge < -0.3 is 9.15 Å². The van der Waals surface area contributed by atoms with Gasteiger partial charge >= 0.3 is 21.1 Å². The van der Waals surface area contributed by atoms with E-state index in [4.69, 9.17) is 14.3 Å². The van der Waals surface area contributed by atoms with Crippen LogP contribution >= 0.6 is 0 Å². The molecule has 0 bridgehead atoms. The van der Waals surface area contributed by atoms with E-state index in [1.165, 1.54) is 5.56 Å². The number of hydrogen-bond acceptors (Lipinski definition) is 4. The molecule has 0 aliphatic rings. The fourth-order valence-corrected chi connectivity index (χ4v) is 5.03. The van der Waals surface area contributed by atoms with Gasteiger partial charge in [0.25, 0.3) is 0 Å². The zero-order valence-corrected chi connectivity index (χ0v) is 25.6. The molecule has 4 aromatic carbocycles. The van der Waals surface area contributed by atoms with E-state index < -0.39 is 0 Å². The molecule has 42 heavy (non-hydrogen) atoms. The molecule has 0 atom stereocenters. The third kappa shape index (κ3) is 5.28. The van der Waals surface area contributed by atoms with Crippen molar-refractivity contribution in [2.24, 2.45) is 0 Å². The van der Waals surface area contributed by atoms with Crippen LogP contribution in [-0.4, -0.2) is 14.8 Å². The molecule has 7 aromatic rings. The van der Waals surface area contributed by atoms with Crippen molar-refractivity contribution in [1.29, 1.82) is 0 Å². The van der Waals surface area contributed by atoms with E-state index in [-0.39, 0.29) is 26.5 Å². The Morgan fingerprint density at radius 2 is 1.55 bits per heavy atom. The van der Waals surface area contributed by atoms with Gasteiger partial charge in [0, 0.05) is 40.6 Å². The summed E-state index contributed by atoms with van der Waals surface area (Å²) in [5.41, 5.74) is 7.49. The predicted molar refractivity (Wildman–Crippen MR) is 162 cm³/mol. The third-order valence-corrected chi connectivity index (χ3v) is 7.20. The zero-order valence-electron chi connectivity index (χ0n) is 23.4. The van der Waals surface area contributed by atoms with Crippen LogP contribution in [0, 0.1) is 12.1 Å². The zero-order chi connectivity index (χ0) is 28.0. The minimum absolute atomic E-state index is 0. The maximum atomic E-state index is 6.13. The molecule has 0 aliphatic carbocycles. The maximum absolute atomic E-state index is 6.13. The third-order valence-electron chi connectivity index (χ3n) is 7.20. The summed E-state index contributed by atoms with van der Waals surface area (Å²) < 4.78 is 13.9. The Kier molecular flexibility index (Phi) is 7.30. The van der Waals surface area contributed by atoms with E-state index in [0.29, 0.717) is 11.5 Å². The Hall–Kier alpha value is -4.47. The van der Waals surface area contributed by atoms with Gasteiger partial charge in [0.1, 0.15) is 5.58 Å². The van der Waals surface area contributed by atoms with E-state index in [1.807, 2.05) is 89.9 Å². The van der Waals surface area contributed by atoms with E-state index in [2.05, 4.69) is 62.2 Å². The molecule has 208 valence electrons. The molecule has 0 fully saturated rings. The van der Waals surface area contributed by atoms with Crippen molar-refractivity contribution in [2.45, 2.75) is 26.2 Å². The normalized spacial score (nSPS) is 11.5. The number of ether oxygens (including phenoxy) is 1. The molecule has 0 unspecified atom stereocenters. The summed E-state index contributed by atoms with van der Waals surface area (Å²) in [5, 5.41) is 6.97. The Balaban J connectivity index is 0.00000316. The van der Waals surface area contributed by atoms with Gasteiger partial charge in [-0.25, -0.2) is 0 Å². The van der Waals surface area contributed by atoms with Crippen LogP contribution in [0.2, 0.25) is 0 Å². The summed E-state index contributed by atoms with van der Waals surface area (Å²) in [4.78, 5) is 4.69. The Labute approximate surface area is 259 Å². The number of aromatic nitrogens is 3. The van der Waals surface area contributed by atoms with Gasteiger partial charge in [-0.1, -0.05) is 74.7 Å². The molecule has 0 N–H and O–H groups in total. The molecule has 3 heterocycles. The molecule has 0 radical (unpaired) electrons.